The molecule has 5 N–H and O–H groups in total. The number of nitrogens with two attached hydrogens (primary N) is 1. The van der Waals surface area contributed by atoms with Gasteiger partial charge in [0.25, 0.3) is 0 Å². The summed E-state index contributed by atoms with van der Waals surface area (Å²) in [6, 6.07) is 0. The topological polar surface area (TPSA) is 86.7 Å². The quantitative estimate of drug-likeness (QED) is 0.334. The van der Waals surface area contributed by atoms with E-state index in [9.17, 15) is 0 Å². The zero-order chi connectivity index (χ0) is 8.62. The van der Waals surface area contributed by atoms with Gasteiger partial charge in [0.05, 0.1) is 25.4 Å². The summed E-state index contributed by atoms with van der Waals surface area (Å²) in [7, 11) is 0. The second-order valence-corrected chi connectivity index (χ2v) is 1.84. The van der Waals surface area contributed by atoms with E-state index in [0.29, 0.717) is 0 Å². The molecule has 0 aromatic heterocycles. The molecule has 0 saturated heterocycles. The molecule has 0 fully saturated rings. The van der Waals surface area contributed by atoms with Crippen molar-refractivity contribution in [3.8, 4) is 0 Å². The summed E-state index contributed by atoms with van der Waals surface area (Å²) in [6.45, 7) is 4.79. The van der Waals surface area contributed by atoms with E-state index in [1.54, 1.807) is 0 Å². The molecular formula is C6H15NNiO3. The minimum atomic E-state index is -1.21. The molecule has 0 spiro atoms. The van der Waals surface area contributed by atoms with Crippen LogP contribution < -0.4 is 5.73 Å². The molecule has 0 unspecified atom stereocenters. The molecule has 4 nitrogen and oxygen atoms in total. The first-order valence-electron chi connectivity index (χ1n) is 2.80. The van der Waals surface area contributed by atoms with Crippen LogP contribution in [0.25, 0.3) is 0 Å². The number of rotatable bonds is 3. The van der Waals surface area contributed by atoms with Crippen molar-refractivity contribution in [2.24, 2.45) is 5.73 Å². The predicted octanol–water partition coefficient (Wildman–Crippen LogP) is -1.54. The molecule has 0 heterocycles. The molecule has 0 saturated carbocycles. The van der Waals surface area contributed by atoms with Crippen LogP contribution >= 0.6 is 0 Å². The molecule has 0 aliphatic carbocycles. The van der Waals surface area contributed by atoms with E-state index in [4.69, 9.17) is 21.1 Å². The van der Waals surface area contributed by atoms with Crippen molar-refractivity contribution in [3.05, 3.63) is 13.2 Å². The Bertz CT molecular complexity index is 70.0. The third-order valence-corrected chi connectivity index (χ3v) is 0.945. The van der Waals surface area contributed by atoms with Crippen LogP contribution in [0.1, 0.15) is 0 Å². The molecule has 5 heteroatoms. The number of hydrogen-bond acceptors (Lipinski definition) is 4. The predicted molar refractivity (Wildman–Crippen MR) is 39.4 cm³/mol. The van der Waals surface area contributed by atoms with Gasteiger partial charge in [0.15, 0.2) is 0 Å². The average Bonchev–Trinajstić information content (AvgIpc) is 2.07. The molecule has 0 aliphatic heterocycles. The maximum absolute atomic E-state index is 8.34. The van der Waals surface area contributed by atoms with Crippen LogP contribution in [0, 0.1) is 0 Å². The third-order valence-electron chi connectivity index (χ3n) is 0.945. The van der Waals surface area contributed by atoms with Crippen LogP contribution in [-0.2, 0) is 16.5 Å². The van der Waals surface area contributed by atoms with Gasteiger partial charge in [0, 0.05) is 16.5 Å². The summed E-state index contributed by atoms with van der Waals surface area (Å²) in [4.78, 5) is 0. The monoisotopic (exact) mass is 207 g/mol. The molecule has 0 radical (unpaired) electrons. The van der Waals surface area contributed by atoms with Gasteiger partial charge in [-0.25, -0.2) is 0 Å². The summed E-state index contributed by atoms with van der Waals surface area (Å²) in [6.07, 6.45) is 0. The Hall–Kier alpha value is 0.0735. The van der Waals surface area contributed by atoms with Crippen molar-refractivity contribution in [3.63, 3.8) is 0 Å². The second kappa shape index (κ2) is 10.1. The van der Waals surface area contributed by atoms with Crippen LogP contribution in [0.3, 0.4) is 0 Å². The van der Waals surface area contributed by atoms with Gasteiger partial charge in [-0.05, 0) is 0 Å². The third kappa shape index (κ3) is 7.98. The van der Waals surface area contributed by atoms with Gasteiger partial charge in [-0.3, -0.25) is 0 Å². The second-order valence-electron chi connectivity index (χ2n) is 1.84. The summed E-state index contributed by atoms with van der Waals surface area (Å²) in [5, 5.41) is 25.0. The fourth-order valence-electron chi connectivity index (χ4n) is 0.150. The van der Waals surface area contributed by atoms with E-state index >= 15 is 0 Å². The van der Waals surface area contributed by atoms with Crippen LogP contribution in [0.4, 0.5) is 0 Å². The molecule has 72 valence electrons. The van der Waals surface area contributed by atoms with Crippen molar-refractivity contribution < 1.29 is 31.8 Å². The number of aliphatic hydroxyl groups is 3. The Morgan fingerprint density at radius 1 is 1.00 bits per heavy atom. The first kappa shape index (κ1) is 17.2. The minimum absolute atomic E-state index is 0. The maximum Gasteiger partial charge on any atom is 0.0856 e. The molecule has 0 aromatic rings. The SMILES string of the molecule is C=C.NC(CO)(CO)CO.[Ni]. The van der Waals surface area contributed by atoms with Crippen molar-refractivity contribution in [2.45, 2.75) is 5.54 Å². The molecule has 0 bridgehead atoms. The molecule has 11 heavy (non-hydrogen) atoms. The normalized spacial score (nSPS) is 9.09. The van der Waals surface area contributed by atoms with Crippen LogP contribution in [0.2, 0.25) is 0 Å². The van der Waals surface area contributed by atoms with Crippen molar-refractivity contribution >= 4 is 0 Å². The Balaban J connectivity index is -0.000000196. The number of hydrogen-bond donors (Lipinski definition) is 4. The van der Waals surface area contributed by atoms with E-state index in [0.717, 1.165) is 0 Å². The summed E-state index contributed by atoms with van der Waals surface area (Å²) >= 11 is 0. The van der Waals surface area contributed by atoms with Crippen LogP contribution in [0.5, 0.6) is 0 Å². The smallest absolute Gasteiger partial charge is 0.0856 e. The fraction of sp³-hybridized carbons (Fsp3) is 0.667. The maximum atomic E-state index is 8.34. The van der Waals surface area contributed by atoms with Crippen molar-refractivity contribution in [2.75, 3.05) is 19.8 Å². The Labute approximate surface area is 76.6 Å². The van der Waals surface area contributed by atoms with E-state index < -0.39 is 25.4 Å². The summed E-state index contributed by atoms with van der Waals surface area (Å²) < 4.78 is 0. The van der Waals surface area contributed by atoms with Crippen LogP contribution in [0.15, 0.2) is 13.2 Å². The zero-order valence-electron chi connectivity index (χ0n) is 6.27. The van der Waals surface area contributed by atoms with Gasteiger partial charge in [-0.1, -0.05) is 0 Å². The van der Waals surface area contributed by atoms with Crippen molar-refractivity contribution in [1.82, 2.24) is 0 Å². The molecule has 0 amide bonds. The van der Waals surface area contributed by atoms with E-state index in [1.807, 2.05) is 0 Å². The minimum Gasteiger partial charge on any atom is -0.394 e. The van der Waals surface area contributed by atoms with E-state index in [-0.39, 0.29) is 16.5 Å². The van der Waals surface area contributed by atoms with Crippen LogP contribution in [-0.4, -0.2) is 40.7 Å². The first-order chi connectivity index (χ1) is 4.68. The van der Waals surface area contributed by atoms with Gasteiger partial charge >= 0.3 is 0 Å². The van der Waals surface area contributed by atoms with Gasteiger partial charge in [0.2, 0.25) is 0 Å². The van der Waals surface area contributed by atoms with Gasteiger partial charge in [-0.15, -0.1) is 13.2 Å². The molecule has 0 rings (SSSR count). The van der Waals surface area contributed by atoms with E-state index in [2.05, 4.69) is 13.2 Å². The van der Waals surface area contributed by atoms with Gasteiger partial charge in [-0.2, -0.15) is 0 Å². The molecule has 0 aromatic carbocycles. The van der Waals surface area contributed by atoms with Crippen molar-refractivity contribution in [1.29, 1.82) is 0 Å². The molecule has 0 aliphatic rings. The Kier molecular flexibility index (Phi) is 15.8. The Morgan fingerprint density at radius 2 is 1.18 bits per heavy atom. The standard InChI is InChI=1S/C4H11NO3.C2H4.Ni/c5-4(1-6,2-7)3-8;1-2;/h6-8H,1-3,5H2;1-2H2;. The number of aliphatic hydroxyl groups excluding tert-OH is 3. The van der Waals surface area contributed by atoms with Gasteiger partial charge in [0.1, 0.15) is 0 Å². The first-order valence-corrected chi connectivity index (χ1v) is 2.80. The molecular weight excluding hydrogens is 193 g/mol. The van der Waals surface area contributed by atoms with Gasteiger partial charge < -0.3 is 21.1 Å². The Morgan fingerprint density at radius 3 is 1.18 bits per heavy atom. The molecule has 0 atom stereocenters. The average molecular weight is 208 g/mol. The largest absolute Gasteiger partial charge is 0.394 e. The van der Waals surface area contributed by atoms with E-state index in [1.165, 1.54) is 0 Å². The summed E-state index contributed by atoms with van der Waals surface area (Å²) in [5.41, 5.74) is 3.94. The fourth-order valence-corrected chi connectivity index (χ4v) is 0.150. The summed E-state index contributed by atoms with van der Waals surface area (Å²) in [5.74, 6) is 0. The zero-order valence-corrected chi connectivity index (χ0v) is 7.26.